The van der Waals surface area contributed by atoms with Gasteiger partial charge in [0.2, 0.25) is 11.8 Å². The number of fused-ring (bicyclic) bond motifs is 1. The Kier molecular flexibility index (Phi) is 7.52. The smallest absolute Gasteiger partial charge is 0.237 e. The van der Waals surface area contributed by atoms with Gasteiger partial charge in [-0.15, -0.1) is 0 Å². The molecule has 34 heavy (non-hydrogen) atoms. The number of nitrogens with zero attached hydrogens (tertiary/aromatic N) is 4. The number of aliphatic hydroxyl groups is 1. The van der Waals surface area contributed by atoms with Crippen molar-refractivity contribution in [2.75, 3.05) is 37.5 Å². The lowest BCUT2D eigenvalue weighted by Gasteiger charge is -2.19. The van der Waals surface area contributed by atoms with Gasteiger partial charge in [-0.05, 0) is 42.7 Å². The van der Waals surface area contributed by atoms with E-state index in [2.05, 4.69) is 31.7 Å². The molecule has 0 amide bonds. The molecule has 0 bridgehead atoms. The van der Waals surface area contributed by atoms with Gasteiger partial charge >= 0.3 is 0 Å². The molecule has 3 heterocycles. The maximum absolute atomic E-state index is 9.75. The molecule has 1 aliphatic rings. The van der Waals surface area contributed by atoms with Crippen LogP contribution in [0, 0.1) is 11.3 Å². The van der Waals surface area contributed by atoms with Gasteiger partial charge in [0, 0.05) is 36.9 Å². The Labute approximate surface area is 198 Å². The molecule has 0 unspecified atom stereocenters. The zero-order valence-electron chi connectivity index (χ0n) is 19.4. The maximum atomic E-state index is 9.75. The van der Waals surface area contributed by atoms with Crippen molar-refractivity contribution in [1.29, 1.82) is 5.26 Å². The second kappa shape index (κ2) is 10.9. The SMILES string of the molecule is CCc1cc(-c2ccnc(Nc3cc4c(nc3OC)CCOC4)n2)cc(C#N)c1NCCCO. The number of ether oxygens (including phenoxy) is 2. The van der Waals surface area contributed by atoms with Crippen molar-refractivity contribution in [3.8, 4) is 23.2 Å². The van der Waals surface area contributed by atoms with E-state index in [1.807, 2.05) is 31.2 Å². The van der Waals surface area contributed by atoms with Crippen LogP contribution in [0.2, 0.25) is 0 Å². The van der Waals surface area contributed by atoms with E-state index >= 15 is 0 Å². The normalized spacial score (nSPS) is 12.5. The highest BCUT2D eigenvalue weighted by Gasteiger charge is 2.17. The summed E-state index contributed by atoms with van der Waals surface area (Å²) in [5, 5.41) is 25.3. The summed E-state index contributed by atoms with van der Waals surface area (Å²) in [6.45, 7) is 3.91. The Balaban J connectivity index is 1.65. The van der Waals surface area contributed by atoms with Crippen LogP contribution in [-0.2, 0) is 24.2 Å². The van der Waals surface area contributed by atoms with E-state index in [1.54, 1.807) is 13.3 Å². The minimum Gasteiger partial charge on any atom is -0.480 e. The summed E-state index contributed by atoms with van der Waals surface area (Å²) in [5.74, 6) is 0.879. The average Bonchev–Trinajstić information content (AvgIpc) is 2.88. The molecular weight excluding hydrogens is 432 g/mol. The largest absolute Gasteiger partial charge is 0.480 e. The molecule has 176 valence electrons. The quantitative estimate of drug-likeness (QED) is 0.411. The predicted octanol–water partition coefficient (Wildman–Crippen LogP) is 3.59. The highest BCUT2D eigenvalue weighted by molar-refractivity contribution is 5.73. The van der Waals surface area contributed by atoms with Crippen LogP contribution in [0.4, 0.5) is 17.3 Å². The van der Waals surface area contributed by atoms with Crippen molar-refractivity contribution in [1.82, 2.24) is 15.0 Å². The summed E-state index contributed by atoms with van der Waals surface area (Å²) in [7, 11) is 1.59. The molecule has 0 radical (unpaired) electrons. The van der Waals surface area contributed by atoms with Crippen molar-refractivity contribution in [2.45, 2.75) is 32.8 Å². The van der Waals surface area contributed by atoms with Gasteiger partial charge in [-0.1, -0.05) is 6.92 Å². The third kappa shape index (κ3) is 5.09. The Morgan fingerprint density at radius 3 is 2.91 bits per heavy atom. The fourth-order valence-electron chi connectivity index (χ4n) is 3.93. The minimum absolute atomic E-state index is 0.0999. The number of rotatable bonds is 9. The van der Waals surface area contributed by atoms with Crippen molar-refractivity contribution < 1.29 is 14.6 Å². The molecule has 1 aromatic carbocycles. The zero-order chi connectivity index (χ0) is 23.9. The number of aliphatic hydroxyl groups excluding tert-OH is 1. The molecule has 0 spiro atoms. The number of aryl methyl sites for hydroxylation is 1. The van der Waals surface area contributed by atoms with Crippen molar-refractivity contribution in [3.05, 3.63) is 52.8 Å². The number of nitrogens with one attached hydrogen (secondary N) is 2. The second-order valence-corrected chi connectivity index (χ2v) is 7.87. The summed E-state index contributed by atoms with van der Waals surface area (Å²) in [6.07, 6.45) is 3.80. The number of hydrogen-bond donors (Lipinski definition) is 3. The number of nitriles is 1. The molecule has 2 aromatic heterocycles. The number of hydrogen-bond acceptors (Lipinski definition) is 9. The van der Waals surface area contributed by atoms with E-state index in [0.29, 0.717) is 55.0 Å². The summed E-state index contributed by atoms with van der Waals surface area (Å²) >= 11 is 0. The molecule has 0 saturated heterocycles. The second-order valence-electron chi connectivity index (χ2n) is 7.87. The molecule has 0 fully saturated rings. The summed E-state index contributed by atoms with van der Waals surface area (Å²) < 4.78 is 11.0. The van der Waals surface area contributed by atoms with E-state index in [0.717, 1.165) is 40.9 Å². The number of pyridine rings is 1. The highest BCUT2D eigenvalue weighted by Crippen LogP contribution is 2.31. The van der Waals surface area contributed by atoms with Crippen LogP contribution in [0.3, 0.4) is 0 Å². The number of anilines is 3. The maximum Gasteiger partial charge on any atom is 0.237 e. The summed E-state index contributed by atoms with van der Waals surface area (Å²) in [6, 6.07) is 9.92. The molecule has 3 N–H and O–H groups in total. The van der Waals surface area contributed by atoms with Gasteiger partial charge in [0.05, 0.1) is 43.0 Å². The van der Waals surface area contributed by atoms with Gasteiger partial charge in [0.25, 0.3) is 0 Å². The lowest BCUT2D eigenvalue weighted by molar-refractivity contribution is 0.109. The minimum atomic E-state index is 0.0999. The molecule has 3 aromatic rings. The molecule has 0 aliphatic carbocycles. The van der Waals surface area contributed by atoms with Gasteiger partial charge in [-0.3, -0.25) is 0 Å². The standard InChI is InChI=1S/C25H28N6O3/c1-3-16-11-17(12-18(14-26)23(16)27-7-4-9-32)20-5-8-28-25(30-20)31-22-13-19-15-34-10-6-21(19)29-24(22)33-2/h5,8,11-13,27,32H,3-4,6-7,9-10,15H2,1-2H3,(H,28,30,31). The molecular formula is C25H28N6O3. The van der Waals surface area contributed by atoms with Crippen LogP contribution >= 0.6 is 0 Å². The van der Waals surface area contributed by atoms with Gasteiger partial charge in [0.15, 0.2) is 0 Å². The Bertz CT molecular complexity index is 1210. The van der Waals surface area contributed by atoms with Gasteiger partial charge in [-0.25, -0.2) is 15.0 Å². The molecule has 1 aliphatic heterocycles. The third-order valence-electron chi connectivity index (χ3n) is 5.65. The fraction of sp³-hybridized carbons (Fsp3) is 0.360. The van der Waals surface area contributed by atoms with Gasteiger partial charge in [-0.2, -0.15) is 5.26 Å². The van der Waals surface area contributed by atoms with Gasteiger partial charge in [0.1, 0.15) is 11.8 Å². The van der Waals surface area contributed by atoms with E-state index < -0.39 is 0 Å². The fourth-order valence-corrected chi connectivity index (χ4v) is 3.93. The number of methoxy groups -OCH3 is 1. The van der Waals surface area contributed by atoms with Crippen LogP contribution in [-0.4, -0.2) is 46.9 Å². The molecule has 4 rings (SSSR count). The highest BCUT2D eigenvalue weighted by atomic mass is 16.5. The van der Waals surface area contributed by atoms with E-state index in [9.17, 15) is 5.26 Å². The monoisotopic (exact) mass is 460 g/mol. The van der Waals surface area contributed by atoms with E-state index in [-0.39, 0.29) is 6.61 Å². The summed E-state index contributed by atoms with van der Waals surface area (Å²) in [5.41, 5.74) is 6.55. The number of benzene rings is 1. The Hall–Kier alpha value is -3.74. The first-order valence-electron chi connectivity index (χ1n) is 11.3. The summed E-state index contributed by atoms with van der Waals surface area (Å²) in [4.78, 5) is 13.7. The van der Waals surface area contributed by atoms with Crippen LogP contribution in [0.15, 0.2) is 30.5 Å². The molecule has 9 heteroatoms. The van der Waals surface area contributed by atoms with E-state index in [1.165, 1.54) is 0 Å². The van der Waals surface area contributed by atoms with Gasteiger partial charge < -0.3 is 25.2 Å². The molecule has 0 saturated carbocycles. The average molecular weight is 461 g/mol. The van der Waals surface area contributed by atoms with Crippen LogP contribution in [0.5, 0.6) is 5.88 Å². The van der Waals surface area contributed by atoms with Crippen molar-refractivity contribution in [3.63, 3.8) is 0 Å². The lowest BCUT2D eigenvalue weighted by atomic mass is 9.99. The molecule has 9 nitrogen and oxygen atoms in total. The third-order valence-corrected chi connectivity index (χ3v) is 5.65. The van der Waals surface area contributed by atoms with Crippen LogP contribution < -0.4 is 15.4 Å². The van der Waals surface area contributed by atoms with Crippen LogP contribution in [0.1, 0.15) is 35.7 Å². The Morgan fingerprint density at radius 2 is 2.15 bits per heavy atom. The van der Waals surface area contributed by atoms with Crippen LogP contribution in [0.25, 0.3) is 11.3 Å². The first kappa shape index (κ1) is 23.4. The van der Waals surface area contributed by atoms with Crippen molar-refractivity contribution >= 4 is 17.3 Å². The zero-order valence-corrected chi connectivity index (χ0v) is 19.4. The first-order valence-corrected chi connectivity index (χ1v) is 11.3. The van der Waals surface area contributed by atoms with E-state index in [4.69, 9.17) is 14.6 Å². The first-order chi connectivity index (χ1) is 16.7. The predicted molar refractivity (Wildman–Crippen MR) is 129 cm³/mol. The lowest BCUT2D eigenvalue weighted by Crippen LogP contribution is -2.13. The molecule has 0 atom stereocenters. The topological polar surface area (TPSA) is 125 Å². The van der Waals surface area contributed by atoms with Crippen molar-refractivity contribution in [2.24, 2.45) is 0 Å². The number of aromatic nitrogens is 3. The Morgan fingerprint density at radius 1 is 1.26 bits per heavy atom.